The van der Waals surface area contributed by atoms with Crippen molar-refractivity contribution in [3.8, 4) is 0 Å². The van der Waals surface area contributed by atoms with Crippen molar-refractivity contribution in [1.29, 1.82) is 0 Å². The number of methoxy groups -OCH3 is 1. The predicted molar refractivity (Wildman–Crippen MR) is 44.7 cm³/mol. The van der Waals surface area contributed by atoms with Crippen molar-refractivity contribution >= 4 is 0 Å². The summed E-state index contributed by atoms with van der Waals surface area (Å²) in [5, 5.41) is 9.68. The molecule has 1 N–H and O–H groups in total. The van der Waals surface area contributed by atoms with E-state index in [2.05, 4.69) is 0 Å². The first-order valence-corrected chi connectivity index (χ1v) is 4.35. The van der Waals surface area contributed by atoms with Gasteiger partial charge >= 0.3 is 6.18 Å². The second-order valence-electron chi connectivity index (χ2n) is 3.58. The first-order chi connectivity index (χ1) is 6.37. The predicted octanol–water partition coefficient (Wildman–Crippen LogP) is 1.89. The number of alkyl halides is 3. The Morgan fingerprint density at radius 3 is 2.57 bits per heavy atom. The third kappa shape index (κ3) is 2.72. The number of hydrogen-bond acceptors (Lipinski definition) is 2. The summed E-state index contributed by atoms with van der Waals surface area (Å²) in [6.45, 7) is 0.0358. The molecular formula is C9H13F3O2. The van der Waals surface area contributed by atoms with Gasteiger partial charge in [0.25, 0.3) is 0 Å². The molecule has 2 nitrogen and oxygen atoms in total. The Morgan fingerprint density at radius 1 is 1.57 bits per heavy atom. The van der Waals surface area contributed by atoms with Crippen LogP contribution < -0.4 is 0 Å². The lowest BCUT2D eigenvalue weighted by atomic mass is 9.85. The molecular weight excluding hydrogens is 197 g/mol. The van der Waals surface area contributed by atoms with Crippen LogP contribution in [0, 0.1) is 5.92 Å². The summed E-state index contributed by atoms with van der Waals surface area (Å²) >= 11 is 0. The number of ether oxygens (including phenoxy) is 1. The molecule has 5 heteroatoms. The van der Waals surface area contributed by atoms with Crippen LogP contribution in [0.4, 0.5) is 13.2 Å². The molecule has 0 heterocycles. The van der Waals surface area contributed by atoms with Gasteiger partial charge in [-0.3, -0.25) is 0 Å². The summed E-state index contributed by atoms with van der Waals surface area (Å²) in [6.07, 6.45) is -1.99. The summed E-state index contributed by atoms with van der Waals surface area (Å²) in [6, 6.07) is 0. The molecule has 1 aliphatic rings. The molecule has 0 radical (unpaired) electrons. The summed E-state index contributed by atoms with van der Waals surface area (Å²) < 4.78 is 41.4. The molecule has 14 heavy (non-hydrogen) atoms. The largest absolute Gasteiger partial charge is 0.395 e. The van der Waals surface area contributed by atoms with Crippen molar-refractivity contribution in [2.24, 2.45) is 5.92 Å². The Labute approximate surface area is 80.4 Å². The minimum absolute atomic E-state index is 0.0358. The van der Waals surface area contributed by atoms with Gasteiger partial charge in [0, 0.05) is 7.11 Å². The van der Waals surface area contributed by atoms with Crippen LogP contribution in [0.1, 0.15) is 12.8 Å². The van der Waals surface area contributed by atoms with E-state index in [1.807, 2.05) is 0 Å². The lowest BCUT2D eigenvalue weighted by Crippen LogP contribution is -2.37. The molecule has 1 aliphatic carbocycles. The Morgan fingerprint density at radius 2 is 2.21 bits per heavy atom. The standard InChI is InChI=1S/C9H13F3O2/c1-14-6-8(13)4-2-7(3-5-8)9(10,11)12/h2,4,7,13H,3,5-6H2,1H3. The van der Waals surface area contributed by atoms with Gasteiger partial charge in [0.05, 0.1) is 12.5 Å². The van der Waals surface area contributed by atoms with Gasteiger partial charge in [0.1, 0.15) is 5.60 Å². The van der Waals surface area contributed by atoms with Gasteiger partial charge in [-0.25, -0.2) is 0 Å². The molecule has 0 saturated heterocycles. The lowest BCUT2D eigenvalue weighted by molar-refractivity contribution is -0.168. The lowest BCUT2D eigenvalue weighted by Gasteiger charge is -2.30. The molecule has 0 aromatic rings. The average molecular weight is 210 g/mol. The van der Waals surface area contributed by atoms with E-state index in [9.17, 15) is 18.3 Å². The molecule has 0 aliphatic heterocycles. The van der Waals surface area contributed by atoms with Gasteiger partial charge in [-0.05, 0) is 12.8 Å². The highest BCUT2D eigenvalue weighted by molar-refractivity contribution is 5.09. The first kappa shape index (κ1) is 11.5. The SMILES string of the molecule is COCC1(O)C=CC(C(F)(F)F)CC1. The minimum Gasteiger partial charge on any atom is -0.383 e. The Kier molecular flexibility index (Phi) is 3.21. The van der Waals surface area contributed by atoms with Crippen LogP contribution in [-0.2, 0) is 4.74 Å². The molecule has 82 valence electrons. The monoisotopic (exact) mass is 210 g/mol. The molecule has 0 aromatic carbocycles. The third-order valence-corrected chi connectivity index (χ3v) is 2.34. The van der Waals surface area contributed by atoms with Gasteiger partial charge in [-0.2, -0.15) is 13.2 Å². The van der Waals surface area contributed by atoms with E-state index >= 15 is 0 Å². The van der Waals surface area contributed by atoms with Crippen LogP contribution in [0.2, 0.25) is 0 Å². The van der Waals surface area contributed by atoms with Crippen LogP contribution in [0.15, 0.2) is 12.2 Å². The maximum absolute atomic E-state index is 12.2. The van der Waals surface area contributed by atoms with Crippen LogP contribution >= 0.6 is 0 Å². The van der Waals surface area contributed by atoms with Gasteiger partial charge in [-0.15, -0.1) is 0 Å². The zero-order valence-corrected chi connectivity index (χ0v) is 7.84. The highest BCUT2D eigenvalue weighted by Gasteiger charge is 2.41. The van der Waals surface area contributed by atoms with Crippen LogP contribution in [0.25, 0.3) is 0 Å². The molecule has 1 rings (SSSR count). The van der Waals surface area contributed by atoms with Crippen LogP contribution in [0.5, 0.6) is 0 Å². The van der Waals surface area contributed by atoms with E-state index < -0.39 is 17.7 Å². The number of aliphatic hydroxyl groups is 1. The highest BCUT2D eigenvalue weighted by Crippen LogP contribution is 2.36. The van der Waals surface area contributed by atoms with E-state index in [-0.39, 0.29) is 19.4 Å². The Balaban J connectivity index is 2.63. The zero-order valence-electron chi connectivity index (χ0n) is 7.84. The van der Waals surface area contributed by atoms with Crippen molar-refractivity contribution < 1.29 is 23.0 Å². The van der Waals surface area contributed by atoms with Crippen molar-refractivity contribution in [2.75, 3.05) is 13.7 Å². The Hall–Kier alpha value is -0.550. The number of rotatable bonds is 2. The van der Waals surface area contributed by atoms with Crippen molar-refractivity contribution in [2.45, 2.75) is 24.6 Å². The maximum atomic E-state index is 12.2. The molecule has 0 aromatic heterocycles. The minimum atomic E-state index is -4.20. The molecule has 2 unspecified atom stereocenters. The average Bonchev–Trinajstić information content (AvgIpc) is 2.03. The first-order valence-electron chi connectivity index (χ1n) is 4.35. The topological polar surface area (TPSA) is 29.5 Å². The Bertz CT molecular complexity index is 225. The smallest absolute Gasteiger partial charge is 0.383 e. The summed E-state index contributed by atoms with van der Waals surface area (Å²) in [4.78, 5) is 0. The van der Waals surface area contributed by atoms with E-state index in [4.69, 9.17) is 4.74 Å². The molecule has 0 fully saturated rings. The second kappa shape index (κ2) is 3.90. The zero-order chi connectivity index (χ0) is 10.8. The van der Waals surface area contributed by atoms with E-state index in [0.29, 0.717) is 0 Å². The summed E-state index contributed by atoms with van der Waals surface area (Å²) in [7, 11) is 1.40. The van der Waals surface area contributed by atoms with Crippen molar-refractivity contribution in [1.82, 2.24) is 0 Å². The molecule has 0 bridgehead atoms. The van der Waals surface area contributed by atoms with Gasteiger partial charge < -0.3 is 9.84 Å². The summed E-state index contributed by atoms with van der Waals surface area (Å²) in [5.41, 5.74) is -1.23. The fourth-order valence-corrected chi connectivity index (χ4v) is 1.52. The number of hydrogen-bond donors (Lipinski definition) is 1. The van der Waals surface area contributed by atoms with Gasteiger partial charge in [-0.1, -0.05) is 12.2 Å². The van der Waals surface area contributed by atoms with E-state index in [1.165, 1.54) is 13.2 Å². The van der Waals surface area contributed by atoms with Gasteiger partial charge in [0.2, 0.25) is 0 Å². The second-order valence-corrected chi connectivity index (χ2v) is 3.58. The maximum Gasteiger partial charge on any atom is 0.395 e. The number of allylic oxidation sites excluding steroid dienone is 1. The fourth-order valence-electron chi connectivity index (χ4n) is 1.52. The number of halogens is 3. The molecule has 2 atom stereocenters. The quantitative estimate of drug-likeness (QED) is 0.705. The van der Waals surface area contributed by atoms with Crippen LogP contribution in [-0.4, -0.2) is 30.6 Å². The third-order valence-electron chi connectivity index (χ3n) is 2.34. The molecule has 0 saturated carbocycles. The summed E-state index contributed by atoms with van der Waals surface area (Å²) in [5.74, 6) is -1.43. The van der Waals surface area contributed by atoms with Crippen LogP contribution in [0.3, 0.4) is 0 Å². The fraction of sp³-hybridized carbons (Fsp3) is 0.778. The van der Waals surface area contributed by atoms with Crippen molar-refractivity contribution in [3.63, 3.8) is 0 Å². The highest BCUT2D eigenvalue weighted by atomic mass is 19.4. The molecule has 0 amide bonds. The van der Waals surface area contributed by atoms with Gasteiger partial charge in [0.15, 0.2) is 0 Å². The van der Waals surface area contributed by atoms with E-state index in [1.54, 1.807) is 0 Å². The molecule has 0 spiro atoms. The normalized spacial score (nSPS) is 33.4. The van der Waals surface area contributed by atoms with Crippen molar-refractivity contribution in [3.05, 3.63) is 12.2 Å². The van der Waals surface area contributed by atoms with E-state index in [0.717, 1.165) is 6.08 Å².